The molecule has 0 aliphatic heterocycles. The number of benzene rings is 1. The van der Waals surface area contributed by atoms with E-state index in [4.69, 9.17) is 5.11 Å². The summed E-state index contributed by atoms with van der Waals surface area (Å²) in [5.74, 6) is -0.875. The SMILES string of the molecule is CC(C(=O)N(C)C)N(C)CCc1ccccc1C(=O)O. The molecule has 20 heavy (non-hydrogen) atoms. The highest BCUT2D eigenvalue weighted by Crippen LogP contribution is 2.11. The second-order valence-electron chi connectivity index (χ2n) is 5.10. The van der Waals surface area contributed by atoms with Gasteiger partial charge in [0.15, 0.2) is 0 Å². The molecule has 1 aromatic carbocycles. The first-order valence-corrected chi connectivity index (χ1v) is 6.57. The van der Waals surface area contributed by atoms with Crippen LogP contribution < -0.4 is 0 Å². The second kappa shape index (κ2) is 7.05. The van der Waals surface area contributed by atoms with Gasteiger partial charge in [0.1, 0.15) is 0 Å². The predicted octanol–water partition coefficient (Wildman–Crippen LogP) is 1.34. The Balaban J connectivity index is 2.68. The van der Waals surface area contributed by atoms with Crippen LogP contribution in [0, 0.1) is 0 Å². The highest BCUT2D eigenvalue weighted by molar-refractivity contribution is 5.89. The molecule has 0 saturated heterocycles. The van der Waals surface area contributed by atoms with Crippen molar-refractivity contribution in [3.05, 3.63) is 35.4 Å². The zero-order valence-corrected chi connectivity index (χ0v) is 12.5. The quantitative estimate of drug-likeness (QED) is 0.853. The van der Waals surface area contributed by atoms with Crippen molar-refractivity contribution in [1.82, 2.24) is 9.80 Å². The van der Waals surface area contributed by atoms with Crippen molar-refractivity contribution in [3.63, 3.8) is 0 Å². The minimum absolute atomic E-state index is 0.0408. The summed E-state index contributed by atoms with van der Waals surface area (Å²) in [6.45, 7) is 2.48. The zero-order chi connectivity index (χ0) is 15.3. The van der Waals surface area contributed by atoms with Gasteiger partial charge in [-0.1, -0.05) is 18.2 Å². The topological polar surface area (TPSA) is 60.9 Å². The Kier molecular flexibility index (Phi) is 5.70. The summed E-state index contributed by atoms with van der Waals surface area (Å²) in [7, 11) is 5.33. The molecule has 1 unspecified atom stereocenters. The largest absolute Gasteiger partial charge is 0.478 e. The van der Waals surface area contributed by atoms with Gasteiger partial charge < -0.3 is 10.0 Å². The van der Waals surface area contributed by atoms with E-state index < -0.39 is 5.97 Å². The fourth-order valence-electron chi connectivity index (χ4n) is 2.00. The van der Waals surface area contributed by atoms with Gasteiger partial charge in [-0.2, -0.15) is 0 Å². The number of amides is 1. The van der Waals surface area contributed by atoms with Crippen molar-refractivity contribution < 1.29 is 14.7 Å². The average Bonchev–Trinajstić information content (AvgIpc) is 2.43. The fourth-order valence-corrected chi connectivity index (χ4v) is 2.00. The van der Waals surface area contributed by atoms with Crippen molar-refractivity contribution in [2.24, 2.45) is 0 Å². The van der Waals surface area contributed by atoms with Gasteiger partial charge in [0.25, 0.3) is 0 Å². The maximum absolute atomic E-state index is 11.9. The molecule has 1 N–H and O–H groups in total. The third-order valence-corrected chi connectivity index (χ3v) is 3.44. The Hall–Kier alpha value is -1.88. The van der Waals surface area contributed by atoms with Crippen LogP contribution in [0.1, 0.15) is 22.8 Å². The minimum atomic E-state index is -0.916. The predicted molar refractivity (Wildman–Crippen MR) is 77.9 cm³/mol. The van der Waals surface area contributed by atoms with Gasteiger partial charge in [-0.15, -0.1) is 0 Å². The molecule has 0 fully saturated rings. The van der Waals surface area contributed by atoms with Crippen LogP contribution in [-0.4, -0.2) is 60.5 Å². The number of nitrogens with zero attached hydrogens (tertiary/aromatic N) is 2. The molecule has 1 amide bonds. The van der Waals surface area contributed by atoms with Gasteiger partial charge in [0.2, 0.25) is 5.91 Å². The molecule has 0 radical (unpaired) electrons. The van der Waals surface area contributed by atoms with Crippen LogP contribution in [0.2, 0.25) is 0 Å². The highest BCUT2D eigenvalue weighted by atomic mass is 16.4. The first kappa shape index (κ1) is 16.2. The molecule has 0 bridgehead atoms. The van der Waals surface area contributed by atoms with Crippen LogP contribution in [0.5, 0.6) is 0 Å². The van der Waals surface area contributed by atoms with Crippen LogP contribution in [0.3, 0.4) is 0 Å². The van der Waals surface area contributed by atoms with E-state index in [9.17, 15) is 9.59 Å². The van der Waals surface area contributed by atoms with Crippen molar-refractivity contribution >= 4 is 11.9 Å². The number of carbonyl (C=O) groups is 2. The molecule has 1 rings (SSSR count). The van der Waals surface area contributed by atoms with Gasteiger partial charge in [-0.25, -0.2) is 4.79 Å². The van der Waals surface area contributed by atoms with Gasteiger partial charge >= 0.3 is 5.97 Å². The molecular weight excluding hydrogens is 256 g/mol. The number of likely N-dealkylation sites (N-methyl/N-ethyl adjacent to an activating group) is 2. The Bertz CT molecular complexity index is 486. The third kappa shape index (κ3) is 4.06. The molecule has 0 aromatic heterocycles. The number of aromatic carboxylic acids is 1. The maximum Gasteiger partial charge on any atom is 0.335 e. The summed E-state index contributed by atoms with van der Waals surface area (Å²) in [4.78, 5) is 26.5. The maximum atomic E-state index is 11.9. The summed E-state index contributed by atoms with van der Waals surface area (Å²) in [6, 6.07) is 6.74. The number of hydrogen-bond acceptors (Lipinski definition) is 3. The summed E-state index contributed by atoms with van der Waals surface area (Å²) in [5, 5.41) is 9.13. The van der Waals surface area contributed by atoms with Crippen LogP contribution >= 0.6 is 0 Å². The lowest BCUT2D eigenvalue weighted by Crippen LogP contribution is -2.43. The number of carboxylic acids is 1. The molecule has 110 valence electrons. The van der Waals surface area contributed by atoms with E-state index in [1.165, 1.54) is 0 Å². The smallest absolute Gasteiger partial charge is 0.335 e. The van der Waals surface area contributed by atoms with Crippen LogP contribution in [0.25, 0.3) is 0 Å². The molecule has 1 atom stereocenters. The molecule has 0 heterocycles. The first-order valence-electron chi connectivity index (χ1n) is 6.57. The Morgan fingerprint density at radius 2 is 1.80 bits per heavy atom. The summed E-state index contributed by atoms with van der Waals surface area (Å²) < 4.78 is 0. The van der Waals surface area contributed by atoms with E-state index in [-0.39, 0.29) is 11.9 Å². The standard InChI is InChI=1S/C15H22N2O3/c1-11(14(18)16(2)3)17(4)10-9-12-7-5-6-8-13(12)15(19)20/h5-8,11H,9-10H2,1-4H3,(H,19,20). The van der Waals surface area contributed by atoms with E-state index in [2.05, 4.69) is 0 Å². The highest BCUT2D eigenvalue weighted by Gasteiger charge is 2.19. The molecule has 0 spiro atoms. The monoisotopic (exact) mass is 278 g/mol. The van der Waals surface area contributed by atoms with Crippen molar-refractivity contribution in [2.45, 2.75) is 19.4 Å². The van der Waals surface area contributed by atoms with E-state index >= 15 is 0 Å². The Morgan fingerprint density at radius 3 is 2.35 bits per heavy atom. The minimum Gasteiger partial charge on any atom is -0.478 e. The molecule has 5 heteroatoms. The lowest BCUT2D eigenvalue weighted by Gasteiger charge is -2.26. The number of hydrogen-bond donors (Lipinski definition) is 1. The molecule has 0 aliphatic carbocycles. The number of rotatable bonds is 6. The lowest BCUT2D eigenvalue weighted by molar-refractivity contribution is -0.133. The van der Waals surface area contributed by atoms with Gasteiger partial charge in [-0.05, 0) is 32.0 Å². The van der Waals surface area contributed by atoms with Crippen molar-refractivity contribution in [2.75, 3.05) is 27.7 Å². The van der Waals surface area contributed by atoms with E-state index in [1.807, 2.05) is 31.0 Å². The van der Waals surface area contributed by atoms with Gasteiger partial charge in [0, 0.05) is 20.6 Å². The van der Waals surface area contributed by atoms with Gasteiger partial charge in [-0.3, -0.25) is 9.69 Å². The fraction of sp³-hybridized carbons (Fsp3) is 0.467. The van der Waals surface area contributed by atoms with Gasteiger partial charge in [0.05, 0.1) is 11.6 Å². The molecular formula is C15H22N2O3. The molecule has 1 aromatic rings. The van der Waals surface area contributed by atoms with E-state index in [0.717, 1.165) is 5.56 Å². The summed E-state index contributed by atoms with van der Waals surface area (Å²) >= 11 is 0. The zero-order valence-electron chi connectivity index (χ0n) is 12.5. The molecule has 5 nitrogen and oxygen atoms in total. The van der Waals surface area contributed by atoms with Crippen molar-refractivity contribution in [1.29, 1.82) is 0 Å². The Labute approximate surface area is 119 Å². The summed E-state index contributed by atoms with van der Waals surface area (Å²) in [5.41, 5.74) is 1.11. The lowest BCUT2D eigenvalue weighted by atomic mass is 10.0. The normalized spacial score (nSPS) is 12.2. The summed E-state index contributed by atoms with van der Waals surface area (Å²) in [6.07, 6.45) is 0.601. The van der Waals surface area contributed by atoms with Crippen LogP contribution in [-0.2, 0) is 11.2 Å². The van der Waals surface area contributed by atoms with Crippen LogP contribution in [0.4, 0.5) is 0 Å². The van der Waals surface area contributed by atoms with Crippen LogP contribution in [0.15, 0.2) is 24.3 Å². The first-order chi connectivity index (χ1) is 9.34. The number of carbonyl (C=O) groups excluding carboxylic acids is 1. The molecule has 0 saturated carbocycles. The van der Waals surface area contributed by atoms with Crippen molar-refractivity contribution in [3.8, 4) is 0 Å². The second-order valence-corrected chi connectivity index (χ2v) is 5.10. The van der Waals surface area contributed by atoms with E-state index in [1.54, 1.807) is 31.1 Å². The third-order valence-electron chi connectivity index (χ3n) is 3.44. The molecule has 0 aliphatic rings. The van der Waals surface area contributed by atoms with E-state index in [0.29, 0.717) is 18.5 Å². The Morgan fingerprint density at radius 1 is 1.20 bits per heavy atom. The number of carboxylic acid groups (broad SMARTS) is 1. The average molecular weight is 278 g/mol.